The predicted molar refractivity (Wildman–Crippen MR) is 61.7 cm³/mol. The van der Waals surface area contributed by atoms with Crippen LogP contribution in [0, 0.1) is 17.0 Å². The minimum atomic E-state index is -0.359. The minimum Gasteiger partial charge on any atom is -0.356 e. The van der Waals surface area contributed by atoms with Crippen LogP contribution in [0.25, 0.3) is 0 Å². The smallest absolute Gasteiger partial charge is 0.274 e. The molecule has 0 bridgehead atoms. The molecule has 1 saturated heterocycles. The number of rotatable bonds is 2. The molecule has 0 spiro atoms. The van der Waals surface area contributed by atoms with Crippen LogP contribution in [0.4, 0.5) is 11.5 Å². The molecule has 0 radical (unpaired) electrons. The van der Waals surface area contributed by atoms with Gasteiger partial charge in [-0.15, -0.1) is 0 Å². The number of nitro groups is 1. The van der Waals surface area contributed by atoms with Crippen molar-refractivity contribution in [3.63, 3.8) is 0 Å². The summed E-state index contributed by atoms with van der Waals surface area (Å²) in [4.78, 5) is 16.9. The summed E-state index contributed by atoms with van der Waals surface area (Å²) < 4.78 is 0. The van der Waals surface area contributed by atoms with Crippen LogP contribution < -0.4 is 4.90 Å². The monoisotopic (exact) mass is 221 g/mol. The highest BCUT2D eigenvalue weighted by Crippen LogP contribution is 2.23. The number of aromatic nitrogens is 1. The van der Waals surface area contributed by atoms with Crippen molar-refractivity contribution in [2.75, 3.05) is 18.0 Å². The van der Waals surface area contributed by atoms with Crippen LogP contribution in [0.15, 0.2) is 12.1 Å². The van der Waals surface area contributed by atoms with Gasteiger partial charge in [-0.05, 0) is 26.2 Å². The molecule has 0 saturated carbocycles. The average molecular weight is 221 g/mol. The van der Waals surface area contributed by atoms with Crippen LogP contribution in [0.3, 0.4) is 0 Å². The lowest BCUT2D eigenvalue weighted by atomic mass is 10.1. The standard InChI is InChI=1S/C11H15N3O2/c1-9-7-10(14(15)16)8-11(12-9)13-5-3-2-4-6-13/h7-8H,2-6H2,1H3. The Hall–Kier alpha value is -1.65. The van der Waals surface area contributed by atoms with E-state index in [9.17, 15) is 10.1 Å². The highest BCUT2D eigenvalue weighted by Gasteiger charge is 2.16. The molecule has 86 valence electrons. The normalized spacial score (nSPS) is 16.2. The Morgan fingerprint density at radius 3 is 2.62 bits per heavy atom. The number of pyridine rings is 1. The van der Waals surface area contributed by atoms with Crippen LogP contribution >= 0.6 is 0 Å². The van der Waals surface area contributed by atoms with E-state index in [1.54, 1.807) is 13.0 Å². The maximum atomic E-state index is 10.7. The Labute approximate surface area is 94.2 Å². The Morgan fingerprint density at radius 2 is 2.00 bits per heavy atom. The van der Waals surface area contributed by atoms with Gasteiger partial charge in [0, 0.05) is 24.8 Å². The summed E-state index contributed by atoms with van der Waals surface area (Å²) in [5, 5.41) is 10.7. The molecule has 0 amide bonds. The van der Waals surface area contributed by atoms with Gasteiger partial charge in [-0.3, -0.25) is 10.1 Å². The van der Waals surface area contributed by atoms with Crippen LogP contribution in [0.2, 0.25) is 0 Å². The molecule has 0 aromatic carbocycles. The Balaban J connectivity index is 2.28. The first kappa shape index (κ1) is 10.9. The van der Waals surface area contributed by atoms with Gasteiger partial charge in [0.05, 0.1) is 11.0 Å². The third-order valence-electron chi connectivity index (χ3n) is 2.82. The number of hydrogen-bond donors (Lipinski definition) is 0. The quantitative estimate of drug-likeness (QED) is 0.568. The van der Waals surface area contributed by atoms with E-state index in [1.807, 2.05) is 0 Å². The number of hydrogen-bond acceptors (Lipinski definition) is 4. The minimum absolute atomic E-state index is 0.132. The van der Waals surface area contributed by atoms with Gasteiger partial charge in [0.25, 0.3) is 5.69 Å². The Bertz CT molecular complexity index is 400. The van der Waals surface area contributed by atoms with Crippen molar-refractivity contribution >= 4 is 11.5 Å². The molecule has 5 heteroatoms. The fourth-order valence-electron chi connectivity index (χ4n) is 2.02. The van der Waals surface area contributed by atoms with E-state index in [4.69, 9.17) is 0 Å². The zero-order valence-corrected chi connectivity index (χ0v) is 9.35. The number of piperidine rings is 1. The fourth-order valence-corrected chi connectivity index (χ4v) is 2.02. The van der Waals surface area contributed by atoms with Gasteiger partial charge in [0.2, 0.25) is 0 Å². The van der Waals surface area contributed by atoms with Gasteiger partial charge in [-0.2, -0.15) is 0 Å². The van der Waals surface area contributed by atoms with Crippen LogP contribution in [-0.4, -0.2) is 23.0 Å². The highest BCUT2D eigenvalue weighted by atomic mass is 16.6. The maximum absolute atomic E-state index is 10.7. The molecule has 5 nitrogen and oxygen atoms in total. The third kappa shape index (κ3) is 2.29. The van der Waals surface area contributed by atoms with Gasteiger partial charge in [0.1, 0.15) is 5.82 Å². The summed E-state index contributed by atoms with van der Waals surface area (Å²) in [7, 11) is 0. The lowest BCUT2D eigenvalue weighted by Crippen LogP contribution is -2.30. The van der Waals surface area contributed by atoms with Gasteiger partial charge in [-0.25, -0.2) is 4.98 Å². The molecule has 1 aliphatic rings. The highest BCUT2D eigenvalue weighted by molar-refractivity contribution is 5.48. The van der Waals surface area contributed by atoms with Crippen molar-refractivity contribution in [2.24, 2.45) is 0 Å². The first-order valence-electron chi connectivity index (χ1n) is 5.55. The number of aryl methyl sites for hydroxylation is 1. The second-order valence-corrected chi connectivity index (χ2v) is 4.13. The zero-order chi connectivity index (χ0) is 11.5. The average Bonchev–Trinajstić information content (AvgIpc) is 2.29. The van der Waals surface area contributed by atoms with Crippen LogP contribution in [0.1, 0.15) is 25.0 Å². The van der Waals surface area contributed by atoms with Crippen molar-refractivity contribution in [2.45, 2.75) is 26.2 Å². The first-order chi connectivity index (χ1) is 7.66. The molecule has 1 fully saturated rings. The molecule has 1 aromatic rings. The van der Waals surface area contributed by atoms with E-state index < -0.39 is 0 Å². The molecule has 16 heavy (non-hydrogen) atoms. The molecular weight excluding hydrogens is 206 g/mol. The second-order valence-electron chi connectivity index (χ2n) is 4.13. The van der Waals surface area contributed by atoms with E-state index in [-0.39, 0.29) is 10.6 Å². The van der Waals surface area contributed by atoms with Crippen molar-refractivity contribution in [1.82, 2.24) is 4.98 Å². The van der Waals surface area contributed by atoms with E-state index in [0.717, 1.165) is 31.7 Å². The second kappa shape index (κ2) is 4.47. The summed E-state index contributed by atoms with van der Waals surface area (Å²) in [6, 6.07) is 3.08. The summed E-state index contributed by atoms with van der Waals surface area (Å²) in [6.07, 6.45) is 3.53. The number of nitrogens with zero attached hydrogens (tertiary/aromatic N) is 3. The van der Waals surface area contributed by atoms with Crippen LogP contribution in [0.5, 0.6) is 0 Å². The molecule has 0 atom stereocenters. The van der Waals surface area contributed by atoms with E-state index >= 15 is 0 Å². The van der Waals surface area contributed by atoms with Crippen molar-refractivity contribution in [3.05, 3.63) is 27.9 Å². The molecule has 2 rings (SSSR count). The van der Waals surface area contributed by atoms with Gasteiger partial charge < -0.3 is 4.90 Å². The van der Waals surface area contributed by atoms with Crippen LogP contribution in [-0.2, 0) is 0 Å². The van der Waals surface area contributed by atoms with Gasteiger partial charge in [0.15, 0.2) is 0 Å². The Kier molecular flexibility index (Phi) is 3.03. The molecule has 2 heterocycles. The van der Waals surface area contributed by atoms with E-state index in [2.05, 4.69) is 9.88 Å². The molecular formula is C11H15N3O2. The van der Waals surface area contributed by atoms with Crippen molar-refractivity contribution in [1.29, 1.82) is 0 Å². The molecule has 1 aliphatic heterocycles. The molecule has 0 unspecified atom stereocenters. The van der Waals surface area contributed by atoms with Crippen molar-refractivity contribution in [3.8, 4) is 0 Å². The lowest BCUT2D eigenvalue weighted by Gasteiger charge is -2.27. The molecule has 0 N–H and O–H groups in total. The maximum Gasteiger partial charge on any atom is 0.274 e. The SMILES string of the molecule is Cc1cc([N+](=O)[O-])cc(N2CCCCC2)n1. The molecule has 0 aliphatic carbocycles. The summed E-state index contributed by atoms with van der Waals surface area (Å²) in [5.41, 5.74) is 0.836. The third-order valence-corrected chi connectivity index (χ3v) is 2.82. The predicted octanol–water partition coefficient (Wildman–Crippen LogP) is 2.29. The largest absolute Gasteiger partial charge is 0.356 e. The topological polar surface area (TPSA) is 59.3 Å². The fraction of sp³-hybridized carbons (Fsp3) is 0.545. The Morgan fingerprint density at radius 1 is 1.31 bits per heavy atom. The first-order valence-corrected chi connectivity index (χ1v) is 5.55. The molecule has 1 aromatic heterocycles. The number of anilines is 1. The summed E-state index contributed by atoms with van der Waals surface area (Å²) >= 11 is 0. The van der Waals surface area contributed by atoms with E-state index in [0.29, 0.717) is 5.69 Å². The lowest BCUT2D eigenvalue weighted by molar-refractivity contribution is -0.384. The van der Waals surface area contributed by atoms with Gasteiger partial charge >= 0.3 is 0 Å². The summed E-state index contributed by atoms with van der Waals surface area (Å²) in [6.45, 7) is 3.70. The van der Waals surface area contributed by atoms with Gasteiger partial charge in [-0.1, -0.05) is 0 Å². The summed E-state index contributed by atoms with van der Waals surface area (Å²) in [5.74, 6) is 0.742. The zero-order valence-electron chi connectivity index (χ0n) is 9.35. The van der Waals surface area contributed by atoms with E-state index in [1.165, 1.54) is 12.5 Å². The van der Waals surface area contributed by atoms with Crippen molar-refractivity contribution < 1.29 is 4.92 Å².